The van der Waals surface area contributed by atoms with Crippen LogP contribution in [0, 0.1) is 6.92 Å². The van der Waals surface area contributed by atoms with Crippen LogP contribution in [0.3, 0.4) is 0 Å². The van der Waals surface area contributed by atoms with E-state index >= 15 is 0 Å². The lowest BCUT2D eigenvalue weighted by atomic mass is 10.1. The molecule has 0 aliphatic heterocycles. The Bertz CT molecular complexity index is 469. The Balaban J connectivity index is 2.24. The lowest BCUT2D eigenvalue weighted by Crippen LogP contribution is -2.26. The van der Waals surface area contributed by atoms with Gasteiger partial charge in [0.2, 0.25) is 0 Å². The topological polar surface area (TPSA) is 3.88 Å². The number of pyridine rings is 1. The second-order valence-electron chi connectivity index (χ2n) is 3.60. The standard InChI is InChI=1S/C13H14NS/c1-11-10-14(2)8-7-12(11)5-6-13-4-3-9-15-13/h3-10H,1-2H3/q+1/b6-5+. The fourth-order valence-electron chi connectivity index (χ4n) is 1.50. The van der Waals surface area contributed by atoms with Crippen LogP contribution in [0.15, 0.2) is 36.0 Å². The van der Waals surface area contributed by atoms with Crippen LogP contribution in [0.5, 0.6) is 0 Å². The summed E-state index contributed by atoms with van der Waals surface area (Å²) in [5.41, 5.74) is 2.58. The minimum absolute atomic E-state index is 1.28. The van der Waals surface area contributed by atoms with E-state index in [0.29, 0.717) is 0 Å². The maximum Gasteiger partial charge on any atom is 0.172 e. The van der Waals surface area contributed by atoms with Gasteiger partial charge in [0.25, 0.3) is 0 Å². The van der Waals surface area contributed by atoms with Crippen molar-refractivity contribution in [2.75, 3.05) is 0 Å². The van der Waals surface area contributed by atoms with Crippen molar-refractivity contribution < 1.29 is 4.57 Å². The number of hydrogen-bond acceptors (Lipinski definition) is 1. The van der Waals surface area contributed by atoms with Gasteiger partial charge in [-0.3, -0.25) is 0 Å². The van der Waals surface area contributed by atoms with Crippen molar-refractivity contribution in [3.05, 3.63) is 52.0 Å². The Morgan fingerprint density at radius 2 is 2.13 bits per heavy atom. The second kappa shape index (κ2) is 4.41. The number of hydrogen-bond donors (Lipinski definition) is 0. The molecule has 0 N–H and O–H groups in total. The molecule has 1 nitrogen and oxygen atoms in total. The molecule has 2 aromatic heterocycles. The molecule has 2 heterocycles. The van der Waals surface area contributed by atoms with E-state index in [1.807, 2.05) is 7.05 Å². The van der Waals surface area contributed by atoms with Crippen LogP contribution in [0.2, 0.25) is 0 Å². The molecule has 0 saturated heterocycles. The van der Waals surface area contributed by atoms with Gasteiger partial charge >= 0.3 is 0 Å². The molecular weight excluding hydrogens is 202 g/mol. The molecule has 0 bridgehead atoms. The average Bonchev–Trinajstić information content (AvgIpc) is 2.69. The summed E-state index contributed by atoms with van der Waals surface area (Å²) >= 11 is 1.76. The van der Waals surface area contributed by atoms with Gasteiger partial charge < -0.3 is 0 Å². The van der Waals surface area contributed by atoms with Crippen molar-refractivity contribution in [1.29, 1.82) is 0 Å². The summed E-state index contributed by atoms with van der Waals surface area (Å²) in [7, 11) is 2.04. The SMILES string of the molecule is Cc1c[n+](C)ccc1/C=C/c1cccs1. The molecule has 0 amide bonds. The Morgan fingerprint density at radius 1 is 1.27 bits per heavy atom. The first-order valence-electron chi connectivity index (χ1n) is 4.93. The van der Waals surface area contributed by atoms with Gasteiger partial charge in [-0.15, -0.1) is 11.3 Å². The summed E-state index contributed by atoms with van der Waals surface area (Å²) in [5, 5.41) is 2.09. The van der Waals surface area contributed by atoms with E-state index in [2.05, 4.69) is 59.6 Å². The Kier molecular flexibility index (Phi) is 2.97. The fourth-order valence-corrected chi connectivity index (χ4v) is 2.12. The summed E-state index contributed by atoms with van der Waals surface area (Å²) in [5.74, 6) is 0. The van der Waals surface area contributed by atoms with Crippen LogP contribution in [0.4, 0.5) is 0 Å². The highest BCUT2D eigenvalue weighted by atomic mass is 32.1. The molecule has 0 spiro atoms. The van der Waals surface area contributed by atoms with Gasteiger partial charge in [-0.1, -0.05) is 12.1 Å². The predicted octanol–water partition coefficient (Wildman–Crippen LogP) is 3.05. The molecule has 76 valence electrons. The summed E-state index contributed by atoms with van der Waals surface area (Å²) in [6, 6.07) is 6.33. The van der Waals surface area contributed by atoms with Gasteiger partial charge in [-0.25, -0.2) is 4.57 Å². The third kappa shape index (κ3) is 2.54. The van der Waals surface area contributed by atoms with Gasteiger partial charge in [0, 0.05) is 16.5 Å². The van der Waals surface area contributed by atoms with Crippen LogP contribution in [0.25, 0.3) is 12.2 Å². The van der Waals surface area contributed by atoms with Crippen LogP contribution < -0.4 is 4.57 Å². The van der Waals surface area contributed by atoms with Crippen LogP contribution in [0.1, 0.15) is 16.0 Å². The van der Waals surface area contributed by atoms with E-state index in [4.69, 9.17) is 0 Å². The Hall–Kier alpha value is -1.41. The zero-order valence-corrected chi connectivity index (χ0v) is 9.79. The van der Waals surface area contributed by atoms with Crippen LogP contribution in [-0.4, -0.2) is 0 Å². The van der Waals surface area contributed by atoms with Crippen molar-refractivity contribution >= 4 is 23.5 Å². The largest absolute Gasteiger partial charge is 0.207 e. The van der Waals surface area contributed by atoms with Gasteiger partial charge in [-0.2, -0.15) is 0 Å². The third-order valence-corrected chi connectivity index (χ3v) is 3.15. The van der Waals surface area contributed by atoms with E-state index in [1.54, 1.807) is 11.3 Å². The van der Waals surface area contributed by atoms with Gasteiger partial charge in [0.05, 0.1) is 0 Å². The van der Waals surface area contributed by atoms with E-state index in [9.17, 15) is 0 Å². The summed E-state index contributed by atoms with van der Waals surface area (Å²) in [6.45, 7) is 2.13. The molecule has 0 aliphatic carbocycles. The highest BCUT2D eigenvalue weighted by Crippen LogP contribution is 2.14. The van der Waals surface area contributed by atoms with E-state index in [1.165, 1.54) is 16.0 Å². The summed E-state index contributed by atoms with van der Waals surface area (Å²) in [4.78, 5) is 1.29. The maximum absolute atomic E-state index is 2.17. The first-order valence-corrected chi connectivity index (χ1v) is 5.81. The number of thiophene rings is 1. The van der Waals surface area contributed by atoms with Gasteiger partial charge in [0.15, 0.2) is 12.4 Å². The minimum atomic E-state index is 1.28. The van der Waals surface area contributed by atoms with E-state index in [-0.39, 0.29) is 0 Å². The van der Waals surface area contributed by atoms with Crippen LogP contribution in [-0.2, 0) is 7.05 Å². The predicted molar refractivity (Wildman–Crippen MR) is 65.6 cm³/mol. The number of rotatable bonds is 2. The molecule has 2 rings (SSSR count). The minimum Gasteiger partial charge on any atom is -0.207 e. The molecule has 15 heavy (non-hydrogen) atoms. The molecule has 0 atom stereocenters. The number of aryl methyl sites for hydroxylation is 2. The zero-order valence-electron chi connectivity index (χ0n) is 8.97. The molecule has 2 aromatic rings. The summed E-state index contributed by atoms with van der Waals surface area (Å²) in [6.07, 6.45) is 8.53. The van der Waals surface area contributed by atoms with Gasteiger partial charge in [0.1, 0.15) is 7.05 Å². The van der Waals surface area contributed by atoms with E-state index in [0.717, 1.165) is 0 Å². The highest BCUT2D eigenvalue weighted by molar-refractivity contribution is 7.10. The summed E-state index contributed by atoms with van der Waals surface area (Å²) < 4.78 is 2.07. The normalized spacial score (nSPS) is 11.1. The zero-order chi connectivity index (χ0) is 10.7. The first-order chi connectivity index (χ1) is 7.25. The molecule has 0 aliphatic rings. The molecule has 0 saturated carbocycles. The molecular formula is C13H14NS+. The van der Waals surface area contributed by atoms with Crippen molar-refractivity contribution in [2.45, 2.75) is 6.92 Å². The number of nitrogens with zero attached hydrogens (tertiary/aromatic N) is 1. The maximum atomic E-state index is 2.17. The van der Waals surface area contributed by atoms with Gasteiger partial charge in [-0.05, 0) is 30.0 Å². The Labute approximate surface area is 94.3 Å². The smallest absolute Gasteiger partial charge is 0.172 e. The van der Waals surface area contributed by atoms with Crippen LogP contribution >= 0.6 is 11.3 Å². The highest BCUT2D eigenvalue weighted by Gasteiger charge is 1.98. The Morgan fingerprint density at radius 3 is 2.80 bits per heavy atom. The molecule has 0 fully saturated rings. The van der Waals surface area contributed by atoms with E-state index < -0.39 is 0 Å². The third-order valence-electron chi connectivity index (χ3n) is 2.31. The molecule has 0 aromatic carbocycles. The molecule has 0 unspecified atom stereocenters. The van der Waals surface area contributed by atoms with Crippen molar-refractivity contribution in [3.8, 4) is 0 Å². The molecule has 2 heteroatoms. The monoisotopic (exact) mass is 216 g/mol. The first kappa shape index (κ1) is 10.1. The average molecular weight is 216 g/mol. The lowest BCUT2D eigenvalue weighted by Gasteiger charge is -1.96. The van der Waals surface area contributed by atoms with Crippen molar-refractivity contribution in [3.63, 3.8) is 0 Å². The second-order valence-corrected chi connectivity index (χ2v) is 4.58. The number of aromatic nitrogens is 1. The van der Waals surface area contributed by atoms with Crippen molar-refractivity contribution in [2.24, 2.45) is 7.05 Å². The molecule has 0 radical (unpaired) electrons. The fraction of sp³-hybridized carbons (Fsp3) is 0.154. The van der Waals surface area contributed by atoms with Crippen molar-refractivity contribution in [1.82, 2.24) is 0 Å². The lowest BCUT2D eigenvalue weighted by molar-refractivity contribution is -0.671. The quantitative estimate of drug-likeness (QED) is 0.679.